The van der Waals surface area contributed by atoms with Gasteiger partial charge in [-0.1, -0.05) is 0 Å². The zero-order chi connectivity index (χ0) is 13.2. The molecule has 0 unspecified atom stereocenters. The summed E-state index contributed by atoms with van der Waals surface area (Å²) < 4.78 is 0. The number of hydrogen-bond donors (Lipinski definition) is 10. The summed E-state index contributed by atoms with van der Waals surface area (Å²) in [6.07, 6.45) is -6.40. The van der Waals surface area contributed by atoms with Gasteiger partial charge in [-0.2, -0.15) is 0 Å². The molecule has 0 saturated heterocycles. The predicted molar refractivity (Wildman–Crippen MR) is 40.7 cm³/mol. The fourth-order valence-electron chi connectivity index (χ4n) is 1.37. The summed E-state index contributed by atoms with van der Waals surface area (Å²) in [6.45, 7) is 0. The zero-order valence-electron chi connectivity index (χ0n) is 7.63. The van der Waals surface area contributed by atoms with Gasteiger partial charge >= 0.3 is 0 Å². The Hall–Kier alpha value is -0.400. The van der Waals surface area contributed by atoms with E-state index in [0.717, 1.165) is 0 Å². The molecule has 0 aromatic rings. The first-order valence-electron chi connectivity index (χ1n) is 3.96. The first-order chi connectivity index (χ1) is 6.81. The summed E-state index contributed by atoms with van der Waals surface area (Å²) in [6, 6.07) is 0. The van der Waals surface area contributed by atoms with E-state index in [2.05, 4.69) is 0 Å². The van der Waals surface area contributed by atoms with Crippen molar-refractivity contribution in [2.45, 2.75) is 35.4 Å². The molecule has 1 rings (SSSR count). The summed E-state index contributed by atoms with van der Waals surface area (Å²) in [5, 5.41) is 90.1. The molecule has 1 fully saturated rings. The van der Waals surface area contributed by atoms with Crippen molar-refractivity contribution in [1.82, 2.24) is 0 Å². The molecule has 96 valence electrons. The van der Waals surface area contributed by atoms with Crippen LogP contribution in [0.3, 0.4) is 0 Å². The first-order valence-corrected chi connectivity index (χ1v) is 3.96. The van der Waals surface area contributed by atoms with Crippen molar-refractivity contribution < 1.29 is 51.1 Å². The summed E-state index contributed by atoms with van der Waals surface area (Å²) in [7, 11) is 0. The third-order valence-electron chi connectivity index (χ3n) is 2.61. The molecule has 0 bridgehead atoms. The van der Waals surface area contributed by atoms with Crippen molar-refractivity contribution in [2.75, 3.05) is 0 Å². The van der Waals surface area contributed by atoms with E-state index in [1.807, 2.05) is 0 Å². The smallest absolute Gasteiger partial charge is 0.254 e. The van der Waals surface area contributed by atoms with Crippen LogP contribution in [0.15, 0.2) is 0 Å². The Kier molecular flexibility index (Phi) is 2.63. The van der Waals surface area contributed by atoms with Crippen LogP contribution in [0.25, 0.3) is 0 Å². The number of hydrogen-bond acceptors (Lipinski definition) is 10. The highest BCUT2D eigenvalue weighted by Crippen LogP contribution is 2.43. The van der Waals surface area contributed by atoms with Crippen LogP contribution in [0, 0.1) is 0 Å². The van der Waals surface area contributed by atoms with Crippen molar-refractivity contribution in [3.05, 3.63) is 0 Å². The van der Waals surface area contributed by atoms with Crippen LogP contribution in [-0.2, 0) is 0 Å². The Balaban J connectivity index is 3.39. The van der Waals surface area contributed by atoms with Crippen LogP contribution in [-0.4, -0.2) is 86.4 Å². The van der Waals surface area contributed by atoms with Gasteiger partial charge in [0.25, 0.3) is 23.1 Å². The maximum atomic E-state index is 9.01. The van der Waals surface area contributed by atoms with E-state index < -0.39 is 35.4 Å². The minimum absolute atomic E-state index is 3.20. The SMILES string of the molecule is OC1(O)[C@H](O)C(O)(O)C(O)(O)[C@@H](O)C1(O)O. The molecule has 0 aliphatic heterocycles. The van der Waals surface area contributed by atoms with Gasteiger partial charge in [0.05, 0.1) is 0 Å². The van der Waals surface area contributed by atoms with Gasteiger partial charge in [0, 0.05) is 0 Å². The normalized spacial score (nSPS) is 39.4. The lowest BCUT2D eigenvalue weighted by Gasteiger charge is -2.55. The lowest BCUT2D eigenvalue weighted by Crippen LogP contribution is -2.86. The van der Waals surface area contributed by atoms with Gasteiger partial charge in [0.1, 0.15) is 0 Å². The molecule has 0 radical (unpaired) electrons. The van der Waals surface area contributed by atoms with E-state index in [1.165, 1.54) is 0 Å². The quantitative estimate of drug-likeness (QED) is 0.182. The van der Waals surface area contributed by atoms with Gasteiger partial charge in [-0.15, -0.1) is 0 Å². The minimum Gasteiger partial charge on any atom is -0.382 e. The van der Waals surface area contributed by atoms with Crippen LogP contribution in [0.1, 0.15) is 0 Å². The molecule has 1 aliphatic rings. The molecular weight excluding hydrogens is 232 g/mol. The number of rotatable bonds is 0. The number of aliphatic hydroxyl groups excluding tert-OH is 2. The van der Waals surface area contributed by atoms with E-state index in [9.17, 15) is 0 Å². The van der Waals surface area contributed by atoms with Gasteiger partial charge in [-0.05, 0) is 0 Å². The monoisotopic (exact) mass is 244 g/mol. The Morgan fingerprint density at radius 3 is 0.688 bits per heavy atom. The molecule has 0 aromatic carbocycles. The maximum Gasteiger partial charge on any atom is 0.254 e. The van der Waals surface area contributed by atoms with E-state index in [0.29, 0.717) is 0 Å². The minimum atomic E-state index is -4.01. The Bertz CT molecular complexity index is 236. The molecule has 10 N–H and O–H groups in total. The van der Waals surface area contributed by atoms with Gasteiger partial charge in [-0.3, -0.25) is 0 Å². The molecule has 0 amide bonds. The molecule has 10 nitrogen and oxygen atoms in total. The number of aliphatic hydroxyl groups is 10. The Labute approximate surface area is 87.5 Å². The van der Waals surface area contributed by atoms with Crippen LogP contribution in [0.2, 0.25) is 0 Å². The molecule has 0 atom stereocenters. The highest BCUT2D eigenvalue weighted by atomic mass is 16.7. The van der Waals surface area contributed by atoms with Crippen molar-refractivity contribution in [2.24, 2.45) is 0 Å². The van der Waals surface area contributed by atoms with E-state index in [4.69, 9.17) is 51.1 Å². The Morgan fingerprint density at radius 1 is 0.438 bits per heavy atom. The lowest BCUT2D eigenvalue weighted by molar-refractivity contribution is -0.532. The van der Waals surface area contributed by atoms with Crippen LogP contribution in [0.4, 0.5) is 0 Å². The topological polar surface area (TPSA) is 202 Å². The molecule has 0 aromatic heterocycles. The predicted octanol–water partition coefficient (Wildman–Crippen LogP) is -6.55. The van der Waals surface area contributed by atoms with E-state index >= 15 is 0 Å². The fourth-order valence-corrected chi connectivity index (χ4v) is 1.37. The third-order valence-corrected chi connectivity index (χ3v) is 2.61. The molecule has 0 heterocycles. The standard InChI is InChI=1S/C6H12O10/c7-1-3(9,10)5(13,14)2(8)6(15,16)4(1,11)12/h1-2,7-16H/t1-,2-. The van der Waals surface area contributed by atoms with Gasteiger partial charge in [-0.25, -0.2) is 0 Å². The van der Waals surface area contributed by atoms with Crippen molar-refractivity contribution in [3.63, 3.8) is 0 Å². The first kappa shape index (κ1) is 13.7. The Morgan fingerprint density at radius 2 is 0.562 bits per heavy atom. The summed E-state index contributed by atoms with van der Waals surface area (Å²) >= 11 is 0. The largest absolute Gasteiger partial charge is 0.382 e. The van der Waals surface area contributed by atoms with Crippen LogP contribution in [0.5, 0.6) is 0 Å². The van der Waals surface area contributed by atoms with Crippen LogP contribution < -0.4 is 0 Å². The molecular formula is C6H12O10. The van der Waals surface area contributed by atoms with Gasteiger partial charge < -0.3 is 51.1 Å². The average Bonchev–Trinajstić information content (AvgIpc) is 2.13. The van der Waals surface area contributed by atoms with Gasteiger partial charge in [0.15, 0.2) is 12.2 Å². The third kappa shape index (κ3) is 1.25. The highest BCUT2D eigenvalue weighted by molar-refractivity contribution is 5.13. The van der Waals surface area contributed by atoms with Crippen molar-refractivity contribution >= 4 is 0 Å². The summed E-state index contributed by atoms with van der Waals surface area (Å²) in [4.78, 5) is 0. The summed E-state index contributed by atoms with van der Waals surface area (Å²) in [5.74, 6) is -16.0. The van der Waals surface area contributed by atoms with E-state index in [1.54, 1.807) is 0 Å². The maximum absolute atomic E-state index is 9.01. The summed E-state index contributed by atoms with van der Waals surface area (Å²) in [5.41, 5.74) is 0. The second-order valence-corrected chi connectivity index (χ2v) is 3.71. The molecule has 1 aliphatic carbocycles. The van der Waals surface area contributed by atoms with Crippen molar-refractivity contribution in [3.8, 4) is 0 Å². The molecule has 16 heavy (non-hydrogen) atoms. The fraction of sp³-hybridized carbons (Fsp3) is 1.00. The zero-order valence-corrected chi connectivity index (χ0v) is 7.63. The highest BCUT2D eigenvalue weighted by Gasteiger charge is 2.78. The van der Waals surface area contributed by atoms with Gasteiger partial charge in [0.2, 0.25) is 0 Å². The second-order valence-electron chi connectivity index (χ2n) is 3.71. The van der Waals surface area contributed by atoms with E-state index in [-0.39, 0.29) is 0 Å². The van der Waals surface area contributed by atoms with Crippen molar-refractivity contribution in [1.29, 1.82) is 0 Å². The van der Waals surface area contributed by atoms with Crippen LogP contribution >= 0.6 is 0 Å². The molecule has 0 spiro atoms. The average molecular weight is 244 g/mol. The molecule has 10 heteroatoms. The lowest BCUT2D eigenvalue weighted by atomic mass is 9.74. The molecule has 1 saturated carbocycles. The second kappa shape index (κ2) is 3.08.